The van der Waals surface area contributed by atoms with Crippen LogP contribution in [0.15, 0.2) is 21.2 Å². The number of aromatic nitrogens is 2. The van der Waals surface area contributed by atoms with Crippen molar-refractivity contribution in [1.29, 1.82) is 0 Å². The zero-order chi connectivity index (χ0) is 14.9. The predicted octanol–water partition coefficient (Wildman–Crippen LogP) is 3.30. The van der Waals surface area contributed by atoms with Gasteiger partial charge in [-0.15, -0.1) is 10.2 Å². The summed E-state index contributed by atoms with van der Waals surface area (Å²) in [5.74, 6) is 2.26. The molecule has 0 radical (unpaired) electrons. The zero-order valence-corrected chi connectivity index (χ0v) is 13.2. The van der Waals surface area contributed by atoms with Crippen molar-refractivity contribution >= 4 is 17.2 Å². The number of piperidine rings is 1. The number of hydrogen-bond acceptors (Lipinski definition) is 5. The average molecular weight is 317 g/mol. The summed E-state index contributed by atoms with van der Waals surface area (Å²) in [6.07, 6.45) is 5.20. The van der Waals surface area contributed by atoms with Crippen LogP contribution in [0.3, 0.4) is 0 Å². The lowest BCUT2D eigenvalue weighted by Crippen LogP contribution is -2.43. The summed E-state index contributed by atoms with van der Waals surface area (Å²) in [6.45, 7) is 1.63. The van der Waals surface area contributed by atoms with Crippen molar-refractivity contribution in [3.63, 3.8) is 0 Å². The molecular weight excluding hydrogens is 298 g/mol. The van der Waals surface area contributed by atoms with Gasteiger partial charge >= 0.3 is 0 Å². The first kappa shape index (κ1) is 13.9. The molecule has 1 aliphatic carbocycles. The molecule has 1 saturated carbocycles. The van der Waals surface area contributed by atoms with Gasteiger partial charge in [-0.25, -0.2) is 0 Å². The summed E-state index contributed by atoms with van der Waals surface area (Å²) >= 11 is 1.62. The molecule has 4 rings (SSSR count). The standard InChI is InChI=1S/C16H19N3O2S/c20-16(12-2-1-3-12)19-7-4-11(5-8-19)14-17-18-15(21-14)13-6-9-22-10-13/h6,9-12H,1-5,7-8H2. The molecule has 0 unspecified atom stereocenters. The molecule has 0 spiro atoms. The summed E-state index contributed by atoms with van der Waals surface area (Å²) in [5, 5.41) is 12.4. The minimum Gasteiger partial charge on any atom is -0.420 e. The first-order valence-electron chi connectivity index (χ1n) is 7.96. The second-order valence-corrected chi connectivity index (χ2v) is 6.96. The quantitative estimate of drug-likeness (QED) is 0.871. The molecule has 0 aromatic carbocycles. The topological polar surface area (TPSA) is 59.2 Å². The van der Waals surface area contributed by atoms with E-state index in [0.29, 0.717) is 17.7 Å². The fourth-order valence-electron chi connectivity index (χ4n) is 3.16. The van der Waals surface area contributed by atoms with E-state index in [1.165, 1.54) is 6.42 Å². The van der Waals surface area contributed by atoms with Gasteiger partial charge in [0, 0.05) is 35.9 Å². The first-order chi connectivity index (χ1) is 10.8. The maximum Gasteiger partial charge on any atom is 0.248 e. The van der Waals surface area contributed by atoms with Crippen LogP contribution in [0.25, 0.3) is 11.5 Å². The molecule has 2 aromatic rings. The van der Waals surface area contributed by atoms with Crippen molar-refractivity contribution in [3.8, 4) is 11.5 Å². The fourth-order valence-corrected chi connectivity index (χ4v) is 3.79. The summed E-state index contributed by atoms with van der Waals surface area (Å²) in [5.41, 5.74) is 0.987. The van der Waals surface area contributed by atoms with Crippen molar-refractivity contribution < 1.29 is 9.21 Å². The van der Waals surface area contributed by atoms with Gasteiger partial charge in [0.2, 0.25) is 17.7 Å². The van der Waals surface area contributed by atoms with E-state index in [9.17, 15) is 4.79 Å². The van der Waals surface area contributed by atoms with Crippen LogP contribution in [0.2, 0.25) is 0 Å². The van der Waals surface area contributed by atoms with E-state index < -0.39 is 0 Å². The second kappa shape index (κ2) is 5.83. The predicted molar refractivity (Wildman–Crippen MR) is 83.5 cm³/mol. The maximum absolute atomic E-state index is 12.3. The van der Waals surface area contributed by atoms with Crippen LogP contribution in [-0.2, 0) is 4.79 Å². The third-order valence-corrected chi connectivity index (χ3v) is 5.50. The molecule has 1 saturated heterocycles. The fraction of sp³-hybridized carbons (Fsp3) is 0.562. The lowest BCUT2D eigenvalue weighted by molar-refractivity contribution is -0.139. The van der Waals surface area contributed by atoms with Crippen molar-refractivity contribution in [1.82, 2.24) is 15.1 Å². The number of amides is 1. The normalized spacial score (nSPS) is 20.1. The van der Waals surface area contributed by atoms with Crippen LogP contribution < -0.4 is 0 Å². The van der Waals surface area contributed by atoms with Gasteiger partial charge in [0.1, 0.15) is 0 Å². The van der Waals surface area contributed by atoms with Crippen LogP contribution in [0.1, 0.15) is 43.9 Å². The van der Waals surface area contributed by atoms with E-state index in [-0.39, 0.29) is 5.92 Å². The summed E-state index contributed by atoms with van der Waals surface area (Å²) in [7, 11) is 0. The number of thiophene rings is 1. The Kier molecular flexibility index (Phi) is 3.70. The van der Waals surface area contributed by atoms with Gasteiger partial charge in [-0.1, -0.05) is 6.42 Å². The van der Waals surface area contributed by atoms with Gasteiger partial charge < -0.3 is 9.32 Å². The molecule has 2 aromatic heterocycles. The molecule has 1 aliphatic heterocycles. The van der Waals surface area contributed by atoms with E-state index in [1.807, 2.05) is 21.7 Å². The van der Waals surface area contributed by atoms with Gasteiger partial charge in [0.15, 0.2) is 0 Å². The Morgan fingerprint density at radius 3 is 2.68 bits per heavy atom. The highest BCUT2D eigenvalue weighted by Gasteiger charge is 2.33. The number of carbonyl (C=O) groups is 1. The van der Waals surface area contributed by atoms with E-state index in [0.717, 1.165) is 50.2 Å². The molecule has 0 bridgehead atoms. The van der Waals surface area contributed by atoms with Crippen LogP contribution >= 0.6 is 11.3 Å². The van der Waals surface area contributed by atoms with Gasteiger partial charge in [-0.05, 0) is 37.1 Å². The molecular formula is C16H19N3O2S. The molecule has 0 N–H and O–H groups in total. The lowest BCUT2D eigenvalue weighted by atomic mass is 9.83. The molecule has 2 fully saturated rings. The minimum absolute atomic E-state index is 0.283. The van der Waals surface area contributed by atoms with Gasteiger partial charge in [0.25, 0.3) is 0 Å². The van der Waals surface area contributed by atoms with Crippen molar-refractivity contribution in [2.45, 2.75) is 38.0 Å². The van der Waals surface area contributed by atoms with Crippen LogP contribution in [0.5, 0.6) is 0 Å². The highest BCUT2D eigenvalue weighted by Crippen LogP contribution is 2.33. The Bertz CT molecular complexity index is 640. The Balaban J connectivity index is 1.38. The van der Waals surface area contributed by atoms with E-state index in [2.05, 4.69) is 10.2 Å². The average Bonchev–Trinajstić information content (AvgIpc) is 3.16. The monoisotopic (exact) mass is 317 g/mol. The van der Waals surface area contributed by atoms with E-state index in [4.69, 9.17) is 4.42 Å². The number of likely N-dealkylation sites (tertiary alicyclic amines) is 1. The second-order valence-electron chi connectivity index (χ2n) is 6.18. The van der Waals surface area contributed by atoms with Gasteiger partial charge in [0.05, 0.1) is 0 Å². The van der Waals surface area contributed by atoms with Gasteiger partial charge in [-0.2, -0.15) is 11.3 Å². The highest BCUT2D eigenvalue weighted by molar-refractivity contribution is 7.08. The third-order valence-electron chi connectivity index (χ3n) is 4.82. The molecule has 2 aliphatic rings. The van der Waals surface area contributed by atoms with E-state index >= 15 is 0 Å². The summed E-state index contributed by atoms with van der Waals surface area (Å²) in [4.78, 5) is 14.3. The SMILES string of the molecule is O=C(C1CCC1)N1CCC(c2nnc(-c3ccsc3)o2)CC1. The Labute approximate surface area is 133 Å². The number of carbonyl (C=O) groups excluding carboxylic acids is 1. The van der Waals surface area contributed by atoms with Crippen molar-refractivity contribution in [2.24, 2.45) is 5.92 Å². The Morgan fingerprint density at radius 2 is 2.05 bits per heavy atom. The smallest absolute Gasteiger partial charge is 0.248 e. The van der Waals surface area contributed by atoms with E-state index in [1.54, 1.807) is 11.3 Å². The Hall–Kier alpha value is -1.69. The molecule has 6 heteroatoms. The van der Waals surface area contributed by atoms with Crippen molar-refractivity contribution in [3.05, 3.63) is 22.7 Å². The molecule has 5 nitrogen and oxygen atoms in total. The maximum atomic E-state index is 12.3. The number of rotatable bonds is 3. The molecule has 116 valence electrons. The molecule has 22 heavy (non-hydrogen) atoms. The molecule has 0 atom stereocenters. The lowest BCUT2D eigenvalue weighted by Gasteiger charge is -2.35. The zero-order valence-electron chi connectivity index (χ0n) is 12.4. The van der Waals surface area contributed by atoms with Gasteiger partial charge in [-0.3, -0.25) is 4.79 Å². The first-order valence-corrected chi connectivity index (χ1v) is 8.90. The van der Waals surface area contributed by atoms with Crippen molar-refractivity contribution in [2.75, 3.05) is 13.1 Å². The third kappa shape index (κ3) is 2.56. The van der Waals surface area contributed by atoms with Crippen LogP contribution in [0.4, 0.5) is 0 Å². The molecule has 3 heterocycles. The summed E-state index contributed by atoms with van der Waals surface area (Å²) < 4.78 is 5.82. The highest BCUT2D eigenvalue weighted by atomic mass is 32.1. The summed E-state index contributed by atoms with van der Waals surface area (Å²) in [6, 6.07) is 1.99. The largest absolute Gasteiger partial charge is 0.420 e. The Morgan fingerprint density at radius 1 is 1.23 bits per heavy atom. The minimum atomic E-state index is 0.283. The molecule has 1 amide bonds. The van der Waals surface area contributed by atoms with Crippen LogP contribution in [0, 0.1) is 5.92 Å². The number of hydrogen-bond donors (Lipinski definition) is 0. The van der Waals surface area contributed by atoms with Crippen LogP contribution in [-0.4, -0.2) is 34.1 Å². The number of nitrogens with zero attached hydrogens (tertiary/aromatic N) is 3.